The van der Waals surface area contributed by atoms with Crippen LogP contribution >= 0.6 is 11.8 Å². The van der Waals surface area contributed by atoms with Crippen LogP contribution in [0.4, 0.5) is 5.69 Å². The van der Waals surface area contributed by atoms with E-state index in [0.29, 0.717) is 0 Å². The van der Waals surface area contributed by atoms with Crippen molar-refractivity contribution in [3.8, 4) is 0 Å². The van der Waals surface area contributed by atoms with E-state index in [0.717, 1.165) is 31.3 Å². The number of nitrogens with one attached hydrogen (secondary N) is 1. The Hall–Kier alpha value is -3.65. The fraction of sp³-hybridized carbons (Fsp3) is 0.478. The fourth-order valence-corrected chi connectivity index (χ4v) is 4.45. The van der Waals surface area contributed by atoms with Crippen LogP contribution in [0.25, 0.3) is 0 Å². The third-order valence-electron chi connectivity index (χ3n) is 4.83. The molecule has 37 heavy (non-hydrogen) atoms. The van der Waals surface area contributed by atoms with Crippen LogP contribution < -0.4 is 5.32 Å². The Labute approximate surface area is 216 Å². The zero-order valence-electron chi connectivity index (χ0n) is 20.6. The molecular weight excluding hydrogens is 510 g/mol. The van der Waals surface area contributed by atoms with Gasteiger partial charge in [-0.05, 0) is 23.9 Å². The molecule has 0 saturated carbocycles. The van der Waals surface area contributed by atoms with E-state index in [9.17, 15) is 19.2 Å². The largest absolute Gasteiger partial charge is 0.463 e. The molecule has 0 amide bonds. The average molecular weight is 538 g/mol. The standard InChI is InChI=1S/C23H27N3O10S/c1-12(27)31-11-17-19(32-13(2)28)20(33-14(3)29)21(34-15(4)30)22(35-17)37-23-26-25-18(36-23)10-24-16-8-6-5-7-9-16/h5-9,17,19-22,24H,10-11H2,1-4H3/t17-,19+,20+,21-,22+/m1/s1. The first-order chi connectivity index (χ1) is 17.6. The number of rotatable bonds is 10. The average Bonchev–Trinajstić information content (AvgIpc) is 3.27. The second-order valence-corrected chi connectivity index (χ2v) is 8.92. The molecule has 5 atom stereocenters. The molecule has 0 unspecified atom stereocenters. The number of hydrogen-bond acceptors (Lipinski definition) is 14. The number of benzene rings is 1. The molecule has 1 aliphatic heterocycles. The molecule has 1 fully saturated rings. The second kappa shape index (κ2) is 13.1. The lowest BCUT2D eigenvalue weighted by Gasteiger charge is -2.43. The van der Waals surface area contributed by atoms with Gasteiger partial charge in [-0.25, -0.2) is 0 Å². The van der Waals surface area contributed by atoms with Gasteiger partial charge in [0.1, 0.15) is 12.7 Å². The number of carbonyl (C=O) groups excluding carboxylic acids is 4. The van der Waals surface area contributed by atoms with E-state index < -0.39 is 53.7 Å². The Morgan fingerprint density at radius 2 is 1.49 bits per heavy atom. The number of thioether (sulfide) groups is 1. The molecule has 200 valence electrons. The monoisotopic (exact) mass is 537 g/mol. The molecule has 0 radical (unpaired) electrons. The van der Waals surface area contributed by atoms with Crippen LogP contribution in [0.3, 0.4) is 0 Å². The lowest BCUT2D eigenvalue weighted by molar-refractivity contribution is -0.237. The Morgan fingerprint density at radius 3 is 2.11 bits per heavy atom. The highest BCUT2D eigenvalue weighted by Gasteiger charge is 2.53. The molecule has 1 aromatic carbocycles. The molecule has 1 aliphatic rings. The van der Waals surface area contributed by atoms with Crippen molar-refractivity contribution in [1.82, 2.24) is 10.2 Å². The number of carbonyl (C=O) groups is 4. The normalized spacial score (nSPS) is 23.0. The Bertz CT molecular complexity index is 1100. The minimum atomic E-state index is -1.28. The van der Waals surface area contributed by atoms with E-state index in [1.807, 2.05) is 30.3 Å². The molecular formula is C23H27N3O10S. The van der Waals surface area contributed by atoms with Crippen molar-refractivity contribution < 1.29 is 47.3 Å². The van der Waals surface area contributed by atoms with E-state index >= 15 is 0 Å². The van der Waals surface area contributed by atoms with Crippen molar-refractivity contribution in [3.05, 3.63) is 36.2 Å². The molecule has 2 aromatic rings. The van der Waals surface area contributed by atoms with E-state index in [-0.39, 0.29) is 24.3 Å². The molecule has 1 aromatic heterocycles. The Kier molecular flexibility index (Phi) is 9.85. The van der Waals surface area contributed by atoms with Crippen LogP contribution in [0, 0.1) is 0 Å². The first kappa shape index (κ1) is 27.9. The molecule has 13 nitrogen and oxygen atoms in total. The third-order valence-corrected chi connectivity index (χ3v) is 5.81. The summed E-state index contributed by atoms with van der Waals surface area (Å²) in [5, 5.41) is 11.2. The van der Waals surface area contributed by atoms with Crippen molar-refractivity contribution in [2.24, 2.45) is 0 Å². The van der Waals surface area contributed by atoms with Crippen LogP contribution in [0.15, 0.2) is 40.0 Å². The summed E-state index contributed by atoms with van der Waals surface area (Å²) in [5.41, 5.74) is -0.203. The first-order valence-corrected chi connectivity index (χ1v) is 12.1. The SMILES string of the molecule is CC(=O)OC[C@H]1O[C@@H](Sc2nnc(CNc3ccccc3)o2)[C@H](OC(C)=O)[C@@H](OC(C)=O)[C@H]1OC(C)=O. The zero-order valence-corrected chi connectivity index (χ0v) is 21.4. The summed E-state index contributed by atoms with van der Waals surface area (Å²) in [6.45, 7) is 4.58. The van der Waals surface area contributed by atoms with Crippen molar-refractivity contribution in [2.75, 3.05) is 11.9 Å². The number of esters is 4. The van der Waals surface area contributed by atoms with Crippen LogP contribution in [-0.2, 0) is 49.4 Å². The summed E-state index contributed by atoms with van der Waals surface area (Å²) >= 11 is 0.907. The highest BCUT2D eigenvalue weighted by Crippen LogP contribution is 2.37. The topological polar surface area (TPSA) is 165 Å². The number of para-hydroxylation sites is 1. The highest BCUT2D eigenvalue weighted by atomic mass is 32.2. The number of ether oxygens (including phenoxy) is 5. The maximum absolute atomic E-state index is 11.9. The second-order valence-electron chi connectivity index (χ2n) is 7.87. The number of hydrogen-bond donors (Lipinski definition) is 1. The minimum Gasteiger partial charge on any atom is -0.463 e. The minimum absolute atomic E-state index is 0.0748. The van der Waals surface area contributed by atoms with Crippen molar-refractivity contribution >= 4 is 41.3 Å². The van der Waals surface area contributed by atoms with Gasteiger partial charge in [0.15, 0.2) is 23.7 Å². The lowest BCUT2D eigenvalue weighted by Crippen LogP contribution is -2.61. The summed E-state index contributed by atoms with van der Waals surface area (Å²) in [6.07, 6.45) is -4.82. The third kappa shape index (κ3) is 8.46. The predicted octanol–water partition coefficient (Wildman–Crippen LogP) is 1.86. The molecule has 14 heteroatoms. The molecule has 1 N–H and O–H groups in total. The number of nitrogens with zero attached hydrogens (tertiary/aromatic N) is 2. The smallest absolute Gasteiger partial charge is 0.303 e. The van der Waals surface area contributed by atoms with E-state index in [2.05, 4.69) is 15.5 Å². The van der Waals surface area contributed by atoms with E-state index in [4.69, 9.17) is 28.1 Å². The fourth-order valence-electron chi connectivity index (χ4n) is 3.47. The van der Waals surface area contributed by atoms with Crippen LogP contribution in [0.1, 0.15) is 33.6 Å². The maximum atomic E-state index is 11.9. The van der Waals surface area contributed by atoms with Gasteiger partial charge in [-0.3, -0.25) is 19.2 Å². The lowest BCUT2D eigenvalue weighted by atomic mass is 9.99. The van der Waals surface area contributed by atoms with Crippen LogP contribution in [-0.4, -0.2) is 70.5 Å². The van der Waals surface area contributed by atoms with Gasteiger partial charge in [-0.2, -0.15) is 0 Å². The Morgan fingerprint density at radius 1 is 0.865 bits per heavy atom. The van der Waals surface area contributed by atoms with Crippen LogP contribution in [0.5, 0.6) is 0 Å². The van der Waals surface area contributed by atoms with Crippen molar-refractivity contribution in [3.63, 3.8) is 0 Å². The van der Waals surface area contributed by atoms with Crippen LogP contribution in [0.2, 0.25) is 0 Å². The summed E-state index contributed by atoms with van der Waals surface area (Å²) in [6, 6.07) is 9.40. The molecule has 0 spiro atoms. The molecule has 3 rings (SSSR count). The molecule has 1 saturated heterocycles. The van der Waals surface area contributed by atoms with Gasteiger partial charge in [0.2, 0.25) is 5.89 Å². The maximum Gasteiger partial charge on any atom is 0.303 e. The number of aromatic nitrogens is 2. The van der Waals surface area contributed by atoms with Gasteiger partial charge in [0.05, 0.1) is 6.54 Å². The van der Waals surface area contributed by atoms with Crippen molar-refractivity contribution in [2.45, 2.75) is 69.3 Å². The summed E-state index contributed by atoms with van der Waals surface area (Å²) in [5.74, 6) is -2.46. The molecule has 0 bridgehead atoms. The predicted molar refractivity (Wildman–Crippen MR) is 126 cm³/mol. The quantitative estimate of drug-likeness (QED) is 0.344. The van der Waals surface area contributed by atoms with E-state index in [1.165, 1.54) is 13.8 Å². The zero-order chi connectivity index (χ0) is 26.9. The van der Waals surface area contributed by atoms with Gasteiger partial charge in [-0.1, -0.05) is 18.2 Å². The summed E-state index contributed by atoms with van der Waals surface area (Å²) in [4.78, 5) is 47.1. The van der Waals surface area contributed by atoms with Gasteiger partial charge < -0.3 is 33.4 Å². The molecule has 2 heterocycles. The Balaban J connectivity index is 1.84. The van der Waals surface area contributed by atoms with Gasteiger partial charge in [-0.15, -0.1) is 10.2 Å². The van der Waals surface area contributed by atoms with Crippen molar-refractivity contribution in [1.29, 1.82) is 0 Å². The molecule has 0 aliphatic carbocycles. The van der Waals surface area contributed by atoms with Gasteiger partial charge >= 0.3 is 23.9 Å². The summed E-state index contributed by atoms with van der Waals surface area (Å²) in [7, 11) is 0. The van der Waals surface area contributed by atoms with E-state index in [1.54, 1.807) is 0 Å². The van der Waals surface area contributed by atoms with Gasteiger partial charge in [0, 0.05) is 33.4 Å². The highest BCUT2D eigenvalue weighted by molar-refractivity contribution is 7.99. The summed E-state index contributed by atoms with van der Waals surface area (Å²) < 4.78 is 32.9. The number of anilines is 1. The first-order valence-electron chi connectivity index (χ1n) is 11.2. The van der Waals surface area contributed by atoms with Gasteiger partial charge in [0.25, 0.3) is 5.22 Å².